The van der Waals surface area contributed by atoms with Gasteiger partial charge in [-0.2, -0.15) is 0 Å². The lowest BCUT2D eigenvalue weighted by Gasteiger charge is -2.29. The number of benzene rings is 2. The molecule has 2 heterocycles. The summed E-state index contributed by atoms with van der Waals surface area (Å²) in [7, 11) is -6.07. The summed E-state index contributed by atoms with van der Waals surface area (Å²) in [5, 5.41) is 4.04. The van der Waals surface area contributed by atoms with E-state index in [4.69, 9.17) is 23.7 Å². The SMILES string of the molecule is CCCc1nc(CC)c(C(=O)OCC)n1Cc1ccc(-c2ccccc2S(=O)(=O)N(COC(C)[Si](C)(C)C)c2onc(C)c2C)c(COCCF)c1. The highest BCUT2D eigenvalue weighted by atomic mass is 32.2. The molecule has 0 aliphatic heterocycles. The maximum Gasteiger partial charge on any atom is 0.356 e. The second-order valence-corrected chi connectivity index (χ2v) is 21.2. The summed E-state index contributed by atoms with van der Waals surface area (Å²) in [6.07, 6.45) is 2.07. The molecular weight excluding hydrogens is 704 g/mol. The lowest BCUT2D eigenvalue weighted by molar-refractivity contribution is 0.0512. The first-order chi connectivity index (χ1) is 24.7. The smallest absolute Gasteiger partial charge is 0.356 e. The van der Waals surface area contributed by atoms with Crippen LogP contribution in [0.1, 0.15) is 78.5 Å². The van der Waals surface area contributed by atoms with E-state index in [9.17, 15) is 17.6 Å². The summed E-state index contributed by atoms with van der Waals surface area (Å²) in [6, 6.07) is 12.4. The van der Waals surface area contributed by atoms with Crippen LogP contribution in [-0.4, -0.2) is 69.5 Å². The summed E-state index contributed by atoms with van der Waals surface area (Å²) >= 11 is 0. The zero-order valence-corrected chi connectivity index (χ0v) is 33.7. The Labute approximate surface area is 308 Å². The molecule has 0 N–H and O–H groups in total. The predicted octanol–water partition coefficient (Wildman–Crippen LogP) is 7.82. The van der Waals surface area contributed by atoms with Crippen molar-refractivity contribution in [1.29, 1.82) is 0 Å². The number of carbonyl (C=O) groups is 1. The fourth-order valence-corrected chi connectivity index (χ4v) is 7.80. The number of aromatic nitrogens is 3. The van der Waals surface area contributed by atoms with Gasteiger partial charge < -0.3 is 23.3 Å². The molecule has 0 bridgehead atoms. The summed E-state index contributed by atoms with van der Waals surface area (Å²) < 4.78 is 68.7. The maximum absolute atomic E-state index is 14.7. The average molecular weight is 757 g/mol. The molecule has 2 aromatic carbocycles. The van der Waals surface area contributed by atoms with Gasteiger partial charge in [0.1, 0.15) is 19.2 Å². The Balaban J connectivity index is 1.85. The molecule has 11 nitrogen and oxygen atoms in total. The van der Waals surface area contributed by atoms with Crippen LogP contribution in [0.15, 0.2) is 51.9 Å². The van der Waals surface area contributed by atoms with Gasteiger partial charge in [0.25, 0.3) is 10.0 Å². The number of carbonyl (C=O) groups excluding carboxylic acids is 1. The normalized spacial score (nSPS) is 12.7. The molecule has 1 atom stereocenters. The van der Waals surface area contributed by atoms with E-state index in [1.807, 2.05) is 36.6 Å². The molecule has 0 fully saturated rings. The van der Waals surface area contributed by atoms with Crippen LogP contribution in [0.2, 0.25) is 19.6 Å². The van der Waals surface area contributed by atoms with Crippen molar-refractivity contribution in [3.8, 4) is 11.1 Å². The van der Waals surface area contributed by atoms with Gasteiger partial charge in [-0.1, -0.05) is 75.0 Å². The van der Waals surface area contributed by atoms with Crippen LogP contribution in [0.4, 0.5) is 10.3 Å². The molecule has 0 amide bonds. The van der Waals surface area contributed by atoms with Crippen molar-refractivity contribution >= 4 is 30.0 Å². The molecule has 52 heavy (non-hydrogen) atoms. The maximum atomic E-state index is 14.7. The molecule has 4 aromatic rings. The van der Waals surface area contributed by atoms with Gasteiger partial charge >= 0.3 is 5.97 Å². The van der Waals surface area contributed by atoms with Gasteiger partial charge in [-0.15, -0.1) is 0 Å². The van der Waals surface area contributed by atoms with Gasteiger partial charge in [0.15, 0.2) is 5.69 Å². The molecule has 0 spiro atoms. The lowest BCUT2D eigenvalue weighted by atomic mass is 9.97. The number of rotatable bonds is 19. The Hall–Kier alpha value is -3.85. The highest BCUT2D eigenvalue weighted by molar-refractivity contribution is 7.93. The number of halogens is 1. The summed E-state index contributed by atoms with van der Waals surface area (Å²) in [5.74, 6) is 0.437. The Bertz CT molecular complexity index is 1940. The Morgan fingerprint density at radius 3 is 2.42 bits per heavy atom. The number of hydrogen-bond donors (Lipinski definition) is 0. The summed E-state index contributed by atoms with van der Waals surface area (Å²) in [5.41, 5.74) is 4.62. The molecular formula is C38H53FN4O7SSi. The van der Waals surface area contributed by atoms with E-state index < -0.39 is 30.7 Å². The minimum absolute atomic E-state index is 0.0269. The van der Waals surface area contributed by atoms with Crippen LogP contribution >= 0.6 is 0 Å². The van der Waals surface area contributed by atoms with Crippen LogP contribution < -0.4 is 4.31 Å². The molecule has 1 unspecified atom stereocenters. The number of anilines is 1. The number of imidazole rings is 1. The third-order valence-corrected chi connectivity index (χ3v) is 13.5. The molecule has 0 aliphatic carbocycles. The molecule has 14 heteroatoms. The molecule has 284 valence electrons. The topological polar surface area (TPSA) is 126 Å². The first kappa shape index (κ1) is 40.9. The van der Waals surface area contributed by atoms with Crippen molar-refractivity contribution in [2.24, 2.45) is 0 Å². The molecule has 0 saturated carbocycles. The molecule has 2 aromatic heterocycles. The Kier molecular flexibility index (Phi) is 14.0. The predicted molar refractivity (Wildman–Crippen MR) is 203 cm³/mol. The third kappa shape index (κ3) is 9.19. The van der Waals surface area contributed by atoms with Crippen molar-refractivity contribution in [3.63, 3.8) is 0 Å². The largest absolute Gasteiger partial charge is 0.461 e. The molecule has 0 radical (unpaired) electrons. The first-order valence-electron chi connectivity index (χ1n) is 17.9. The van der Waals surface area contributed by atoms with E-state index in [1.54, 1.807) is 45.0 Å². The first-order valence-corrected chi connectivity index (χ1v) is 22.9. The summed E-state index contributed by atoms with van der Waals surface area (Å²) in [6.45, 7) is 17.3. The monoisotopic (exact) mass is 756 g/mol. The molecule has 0 aliphatic rings. The van der Waals surface area contributed by atoms with E-state index >= 15 is 0 Å². The fourth-order valence-electron chi connectivity index (χ4n) is 5.69. The second-order valence-electron chi connectivity index (χ2n) is 13.8. The van der Waals surface area contributed by atoms with E-state index in [2.05, 4.69) is 31.7 Å². The van der Waals surface area contributed by atoms with Crippen LogP contribution in [0.3, 0.4) is 0 Å². The average Bonchev–Trinajstić information content (AvgIpc) is 3.62. The van der Waals surface area contributed by atoms with Crippen molar-refractivity contribution in [2.45, 2.75) is 104 Å². The highest BCUT2D eigenvalue weighted by Crippen LogP contribution is 2.36. The van der Waals surface area contributed by atoms with E-state index in [0.717, 1.165) is 22.1 Å². The Morgan fingerprint density at radius 2 is 1.81 bits per heavy atom. The fraction of sp³-hybridized carbons (Fsp3) is 0.500. The zero-order valence-electron chi connectivity index (χ0n) is 31.9. The van der Waals surface area contributed by atoms with Crippen molar-refractivity contribution in [2.75, 3.05) is 30.9 Å². The number of sulfonamides is 1. The van der Waals surface area contributed by atoms with Crippen molar-refractivity contribution < 1.29 is 36.3 Å². The van der Waals surface area contributed by atoms with E-state index in [-0.39, 0.29) is 43.1 Å². The van der Waals surface area contributed by atoms with E-state index in [1.165, 1.54) is 0 Å². The minimum atomic E-state index is -4.29. The zero-order chi connectivity index (χ0) is 38.2. The van der Waals surface area contributed by atoms with Crippen LogP contribution in [0.5, 0.6) is 0 Å². The van der Waals surface area contributed by atoms with Crippen LogP contribution in [0.25, 0.3) is 11.1 Å². The van der Waals surface area contributed by atoms with Crippen LogP contribution in [-0.2, 0) is 50.2 Å². The Morgan fingerprint density at radius 1 is 1.08 bits per heavy atom. The van der Waals surface area contributed by atoms with Crippen LogP contribution in [0, 0.1) is 13.8 Å². The van der Waals surface area contributed by atoms with Crippen molar-refractivity contribution in [3.05, 3.63) is 82.1 Å². The number of alkyl halides is 1. The number of nitrogens with zero attached hydrogens (tertiary/aromatic N) is 4. The number of aryl methyl sites for hydroxylation is 3. The quantitative estimate of drug-likeness (QED) is 0.0408. The highest BCUT2D eigenvalue weighted by Gasteiger charge is 2.34. The summed E-state index contributed by atoms with van der Waals surface area (Å²) in [4.78, 5) is 18.0. The van der Waals surface area contributed by atoms with Gasteiger partial charge in [0, 0.05) is 29.8 Å². The second kappa shape index (κ2) is 17.8. The number of ether oxygens (including phenoxy) is 3. The van der Waals surface area contributed by atoms with Gasteiger partial charge in [0.2, 0.25) is 5.88 Å². The molecule has 4 rings (SSSR count). The molecule has 0 saturated heterocycles. The minimum Gasteiger partial charge on any atom is -0.461 e. The number of esters is 1. The third-order valence-electron chi connectivity index (χ3n) is 9.15. The van der Waals surface area contributed by atoms with Crippen molar-refractivity contribution in [1.82, 2.24) is 14.7 Å². The van der Waals surface area contributed by atoms with Gasteiger partial charge in [0.05, 0.1) is 44.2 Å². The van der Waals surface area contributed by atoms with E-state index in [0.29, 0.717) is 58.7 Å². The van der Waals surface area contributed by atoms with Gasteiger partial charge in [-0.05, 0) is 63.3 Å². The standard InChI is InChI=1S/C38H53FN4O7SSi/c1-10-15-35-40-33(11-2)36(38(44)48-12-3)42(35)23-29-18-19-31(30(22-29)24-47-21-20-39)32-16-13-14-17-34(32)51(45,46)43(25-49-28(6)52(7,8)9)37-26(4)27(5)41-50-37/h13-14,16-19,22,28H,10-12,15,20-21,23-25H2,1-9H3. The van der Waals surface area contributed by atoms with Gasteiger partial charge in [-0.3, -0.25) is 0 Å². The number of hydrogen-bond acceptors (Lipinski definition) is 9. The van der Waals surface area contributed by atoms with Gasteiger partial charge in [-0.25, -0.2) is 26.9 Å². The lowest BCUT2D eigenvalue weighted by Crippen LogP contribution is -2.42.